The van der Waals surface area contributed by atoms with Crippen molar-refractivity contribution in [2.75, 3.05) is 7.11 Å². The highest BCUT2D eigenvalue weighted by Crippen LogP contribution is 2.30. The summed E-state index contributed by atoms with van der Waals surface area (Å²) < 4.78 is 12.2. The zero-order chi connectivity index (χ0) is 23.5. The highest BCUT2D eigenvalue weighted by molar-refractivity contribution is 5.93. The number of hydrogen-bond acceptors (Lipinski definition) is 5. The fourth-order valence-electron chi connectivity index (χ4n) is 3.80. The van der Waals surface area contributed by atoms with E-state index in [1.807, 2.05) is 42.5 Å². The van der Waals surface area contributed by atoms with Crippen molar-refractivity contribution in [2.45, 2.75) is 33.2 Å². The lowest BCUT2D eigenvalue weighted by molar-refractivity contribution is -0.131. The van der Waals surface area contributed by atoms with Crippen LogP contribution in [-0.4, -0.2) is 22.6 Å². The Kier molecular flexibility index (Phi) is 6.27. The van der Waals surface area contributed by atoms with Gasteiger partial charge < -0.3 is 9.47 Å². The van der Waals surface area contributed by atoms with E-state index in [4.69, 9.17) is 9.47 Å². The van der Waals surface area contributed by atoms with E-state index in [1.165, 1.54) is 12.5 Å². The van der Waals surface area contributed by atoms with Crippen LogP contribution in [0.15, 0.2) is 71.5 Å². The van der Waals surface area contributed by atoms with Gasteiger partial charge in [0.05, 0.1) is 24.9 Å². The first-order valence-corrected chi connectivity index (χ1v) is 10.8. The molecule has 168 valence electrons. The SMILES string of the molecule is COc1ccc2c(c1)c(-c1ccc(C(C)C)cc1)nc(=O)n2Cc1ccc(OC(C)=O)cc1. The van der Waals surface area contributed by atoms with E-state index in [9.17, 15) is 9.59 Å². The maximum absolute atomic E-state index is 13.1. The van der Waals surface area contributed by atoms with Gasteiger partial charge in [0.1, 0.15) is 11.5 Å². The van der Waals surface area contributed by atoms with Crippen molar-refractivity contribution in [1.82, 2.24) is 9.55 Å². The van der Waals surface area contributed by atoms with Gasteiger partial charge in [-0.1, -0.05) is 50.2 Å². The molecule has 6 nitrogen and oxygen atoms in total. The van der Waals surface area contributed by atoms with E-state index in [0.29, 0.717) is 29.7 Å². The molecule has 4 rings (SSSR count). The number of carbonyl (C=O) groups is 1. The number of carbonyl (C=O) groups excluding carboxylic acids is 1. The Morgan fingerprint density at radius 1 is 0.970 bits per heavy atom. The number of ether oxygens (including phenoxy) is 2. The summed E-state index contributed by atoms with van der Waals surface area (Å²) in [6, 6.07) is 20.9. The van der Waals surface area contributed by atoms with Crippen molar-refractivity contribution in [1.29, 1.82) is 0 Å². The fraction of sp³-hybridized carbons (Fsp3) is 0.222. The Hall–Kier alpha value is -3.93. The van der Waals surface area contributed by atoms with Gasteiger partial charge in [0.15, 0.2) is 0 Å². The van der Waals surface area contributed by atoms with Gasteiger partial charge in [-0.2, -0.15) is 4.98 Å². The van der Waals surface area contributed by atoms with Crippen molar-refractivity contribution >= 4 is 16.9 Å². The number of nitrogens with zero attached hydrogens (tertiary/aromatic N) is 2. The van der Waals surface area contributed by atoms with E-state index in [1.54, 1.807) is 23.8 Å². The van der Waals surface area contributed by atoms with Crippen LogP contribution in [0.3, 0.4) is 0 Å². The molecule has 0 atom stereocenters. The molecule has 1 heterocycles. The summed E-state index contributed by atoms with van der Waals surface area (Å²) >= 11 is 0. The lowest BCUT2D eigenvalue weighted by atomic mass is 9.99. The van der Waals surface area contributed by atoms with Crippen LogP contribution in [0.1, 0.15) is 37.8 Å². The molecule has 0 bridgehead atoms. The molecule has 6 heteroatoms. The maximum Gasteiger partial charge on any atom is 0.348 e. The highest BCUT2D eigenvalue weighted by Gasteiger charge is 2.14. The Labute approximate surface area is 192 Å². The number of methoxy groups -OCH3 is 1. The first kappa shape index (κ1) is 22.3. The van der Waals surface area contributed by atoms with E-state index >= 15 is 0 Å². The van der Waals surface area contributed by atoms with Crippen LogP contribution in [-0.2, 0) is 11.3 Å². The van der Waals surface area contributed by atoms with Crippen LogP contribution in [0.4, 0.5) is 0 Å². The molecule has 0 unspecified atom stereocenters. The molecule has 0 saturated heterocycles. The summed E-state index contributed by atoms with van der Waals surface area (Å²) in [6.45, 7) is 5.99. The largest absolute Gasteiger partial charge is 0.497 e. The summed E-state index contributed by atoms with van der Waals surface area (Å²) in [6.07, 6.45) is 0. The highest BCUT2D eigenvalue weighted by atomic mass is 16.5. The molecular formula is C27H26N2O4. The topological polar surface area (TPSA) is 70.4 Å². The van der Waals surface area contributed by atoms with Crippen LogP contribution in [0, 0.1) is 0 Å². The lowest BCUT2D eigenvalue weighted by Gasteiger charge is -2.15. The average Bonchev–Trinajstić information content (AvgIpc) is 2.81. The fourth-order valence-corrected chi connectivity index (χ4v) is 3.80. The number of aromatic nitrogens is 2. The number of benzene rings is 3. The Morgan fingerprint density at radius 3 is 2.24 bits per heavy atom. The Morgan fingerprint density at radius 2 is 1.64 bits per heavy atom. The monoisotopic (exact) mass is 442 g/mol. The minimum atomic E-state index is -0.375. The maximum atomic E-state index is 13.1. The van der Waals surface area contributed by atoms with Gasteiger partial charge in [-0.15, -0.1) is 0 Å². The molecule has 0 fully saturated rings. The second kappa shape index (κ2) is 9.28. The zero-order valence-corrected chi connectivity index (χ0v) is 19.2. The normalized spacial score (nSPS) is 11.1. The standard InChI is InChI=1S/C27H26N2O4/c1-17(2)20-7-9-21(10-8-20)26-24-15-23(32-4)13-14-25(24)29(27(31)28-26)16-19-5-11-22(12-6-19)33-18(3)30/h5-15,17H,16H2,1-4H3. The zero-order valence-electron chi connectivity index (χ0n) is 19.2. The molecule has 0 saturated carbocycles. The molecule has 0 radical (unpaired) electrons. The quantitative estimate of drug-likeness (QED) is 0.304. The van der Waals surface area contributed by atoms with Gasteiger partial charge in [-0.25, -0.2) is 4.79 Å². The van der Waals surface area contributed by atoms with Crippen molar-refractivity contribution in [3.8, 4) is 22.8 Å². The predicted molar refractivity (Wildman–Crippen MR) is 129 cm³/mol. The number of fused-ring (bicyclic) bond motifs is 1. The van der Waals surface area contributed by atoms with Gasteiger partial charge in [-0.3, -0.25) is 9.36 Å². The van der Waals surface area contributed by atoms with Crippen molar-refractivity contribution in [3.05, 3.63) is 88.3 Å². The first-order valence-electron chi connectivity index (χ1n) is 10.8. The number of rotatable bonds is 6. The van der Waals surface area contributed by atoms with Crippen LogP contribution >= 0.6 is 0 Å². The average molecular weight is 443 g/mol. The van der Waals surface area contributed by atoms with Crippen LogP contribution in [0.5, 0.6) is 11.5 Å². The van der Waals surface area contributed by atoms with E-state index in [2.05, 4.69) is 31.0 Å². The summed E-state index contributed by atoms with van der Waals surface area (Å²) in [7, 11) is 1.62. The van der Waals surface area contributed by atoms with Crippen molar-refractivity contribution < 1.29 is 14.3 Å². The third-order valence-corrected chi connectivity index (χ3v) is 5.56. The second-order valence-corrected chi connectivity index (χ2v) is 8.23. The molecule has 0 amide bonds. The molecule has 0 aliphatic heterocycles. The van der Waals surface area contributed by atoms with Gasteiger partial charge in [-0.05, 0) is 47.4 Å². The smallest absolute Gasteiger partial charge is 0.348 e. The molecule has 33 heavy (non-hydrogen) atoms. The number of hydrogen-bond donors (Lipinski definition) is 0. The lowest BCUT2D eigenvalue weighted by Crippen LogP contribution is -2.24. The van der Waals surface area contributed by atoms with Gasteiger partial charge in [0.2, 0.25) is 0 Å². The Bertz CT molecular complexity index is 1350. The second-order valence-electron chi connectivity index (χ2n) is 8.23. The van der Waals surface area contributed by atoms with Crippen LogP contribution < -0.4 is 15.2 Å². The first-order chi connectivity index (χ1) is 15.9. The molecule has 4 aromatic rings. The molecule has 0 aliphatic rings. The minimum absolute atomic E-state index is 0.334. The van der Waals surface area contributed by atoms with Crippen molar-refractivity contribution in [3.63, 3.8) is 0 Å². The molecule has 0 spiro atoms. The van der Waals surface area contributed by atoms with Gasteiger partial charge in [0.25, 0.3) is 0 Å². The third-order valence-electron chi connectivity index (χ3n) is 5.56. The van der Waals surface area contributed by atoms with Gasteiger partial charge >= 0.3 is 11.7 Å². The van der Waals surface area contributed by atoms with E-state index in [-0.39, 0.29) is 11.7 Å². The van der Waals surface area contributed by atoms with E-state index in [0.717, 1.165) is 22.0 Å². The summed E-state index contributed by atoms with van der Waals surface area (Å²) in [5, 5.41) is 0.836. The summed E-state index contributed by atoms with van der Waals surface area (Å²) in [5.41, 5.74) is 4.06. The van der Waals surface area contributed by atoms with Crippen LogP contribution in [0.2, 0.25) is 0 Å². The van der Waals surface area contributed by atoms with E-state index < -0.39 is 0 Å². The summed E-state index contributed by atoms with van der Waals surface area (Å²) in [4.78, 5) is 28.7. The molecule has 1 aromatic heterocycles. The molecular weight excluding hydrogens is 416 g/mol. The summed E-state index contributed by atoms with van der Waals surface area (Å²) in [5.74, 6) is 1.20. The third kappa shape index (κ3) is 4.80. The molecule has 0 aliphatic carbocycles. The minimum Gasteiger partial charge on any atom is -0.497 e. The molecule has 3 aromatic carbocycles. The molecule has 0 N–H and O–H groups in total. The van der Waals surface area contributed by atoms with Gasteiger partial charge in [0, 0.05) is 17.9 Å². The predicted octanol–water partition coefficient (Wildman–Crippen LogP) is 5.17. The van der Waals surface area contributed by atoms with Crippen LogP contribution in [0.25, 0.3) is 22.2 Å². The Balaban J connectivity index is 1.80. The van der Waals surface area contributed by atoms with Crippen molar-refractivity contribution in [2.24, 2.45) is 0 Å². The number of esters is 1.